The zero-order valence-corrected chi connectivity index (χ0v) is 13.7. The number of hydrogen-bond acceptors (Lipinski definition) is 3. The molecule has 0 bridgehead atoms. The fraction of sp³-hybridized carbons (Fsp3) is 0.471. The molecule has 126 valence electrons. The second kappa shape index (κ2) is 8.89. The number of ether oxygens (including phenoxy) is 1. The summed E-state index contributed by atoms with van der Waals surface area (Å²) < 4.78 is 18.5. The van der Waals surface area contributed by atoms with Crippen molar-refractivity contribution < 1.29 is 13.9 Å². The Bertz CT molecular complexity index is 572. The highest BCUT2D eigenvalue weighted by Crippen LogP contribution is 2.26. The molecule has 0 atom stereocenters. The molecule has 6 heteroatoms. The molecule has 2 rings (SSSR count). The van der Waals surface area contributed by atoms with E-state index in [1.807, 2.05) is 0 Å². The van der Waals surface area contributed by atoms with Crippen molar-refractivity contribution in [1.82, 2.24) is 5.32 Å². The summed E-state index contributed by atoms with van der Waals surface area (Å²) in [6.45, 7) is -0.117. The van der Waals surface area contributed by atoms with Crippen LogP contribution in [0.3, 0.4) is 0 Å². The molecule has 0 spiro atoms. The van der Waals surface area contributed by atoms with E-state index in [9.17, 15) is 9.18 Å². The number of hydrogen-bond donors (Lipinski definition) is 2. The molecule has 1 amide bonds. The van der Waals surface area contributed by atoms with E-state index in [2.05, 4.69) is 5.32 Å². The Kier molecular flexibility index (Phi) is 6.86. The van der Waals surface area contributed by atoms with Crippen molar-refractivity contribution in [2.24, 2.45) is 5.73 Å². The Morgan fingerprint density at radius 2 is 2.13 bits per heavy atom. The summed E-state index contributed by atoms with van der Waals surface area (Å²) in [5.74, 6) is -0.260. The van der Waals surface area contributed by atoms with Crippen molar-refractivity contribution in [3.63, 3.8) is 0 Å². The van der Waals surface area contributed by atoms with Crippen molar-refractivity contribution >= 4 is 17.5 Å². The number of nitrogens with one attached hydrogen (secondary N) is 1. The molecule has 1 aliphatic carbocycles. The average molecular weight is 341 g/mol. The van der Waals surface area contributed by atoms with Gasteiger partial charge in [-0.2, -0.15) is 0 Å². The van der Waals surface area contributed by atoms with Crippen molar-refractivity contribution in [1.29, 1.82) is 0 Å². The molecule has 23 heavy (non-hydrogen) atoms. The van der Waals surface area contributed by atoms with E-state index in [0.717, 1.165) is 25.7 Å². The van der Waals surface area contributed by atoms with Crippen LogP contribution < -0.4 is 15.8 Å². The van der Waals surface area contributed by atoms with E-state index < -0.39 is 5.83 Å². The number of carbonyl (C=O) groups is 1. The highest BCUT2D eigenvalue weighted by molar-refractivity contribution is 6.32. The summed E-state index contributed by atoms with van der Waals surface area (Å²) in [6, 6.07) is 4.98. The van der Waals surface area contributed by atoms with E-state index in [0.29, 0.717) is 11.3 Å². The molecule has 3 N–H and O–H groups in total. The third kappa shape index (κ3) is 5.52. The van der Waals surface area contributed by atoms with Crippen LogP contribution >= 0.6 is 11.6 Å². The van der Waals surface area contributed by atoms with Gasteiger partial charge >= 0.3 is 0 Å². The SMILES string of the molecule is NC/C=C(\F)COc1ccc(C(=O)NC2CCCCC2)cc1Cl. The largest absolute Gasteiger partial charge is 0.485 e. The van der Waals surface area contributed by atoms with Crippen LogP contribution in [-0.2, 0) is 0 Å². The van der Waals surface area contributed by atoms with Crippen LogP contribution in [0.2, 0.25) is 5.02 Å². The van der Waals surface area contributed by atoms with Gasteiger partial charge in [0, 0.05) is 18.2 Å². The number of amides is 1. The summed E-state index contributed by atoms with van der Waals surface area (Å²) in [5.41, 5.74) is 5.69. The van der Waals surface area contributed by atoms with E-state index in [1.54, 1.807) is 18.2 Å². The van der Waals surface area contributed by atoms with Crippen LogP contribution in [0.1, 0.15) is 42.5 Å². The van der Waals surface area contributed by atoms with Gasteiger partial charge in [0.15, 0.2) is 0 Å². The van der Waals surface area contributed by atoms with Crippen LogP contribution in [0.4, 0.5) is 4.39 Å². The predicted molar refractivity (Wildman–Crippen MR) is 89.5 cm³/mol. The molecule has 0 aromatic heterocycles. The van der Waals surface area contributed by atoms with Crippen molar-refractivity contribution in [2.45, 2.75) is 38.1 Å². The first-order valence-electron chi connectivity index (χ1n) is 7.88. The Morgan fingerprint density at radius 3 is 2.78 bits per heavy atom. The summed E-state index contributed by atoms with van der Waals surface area (Å²) >= 11 is 6.11. The Balaban J connectivity index is 1.95. The van der Waals surface area contributed by atoms with E-state index in [-0.39, 0.29) is 30.1 Å². The van der Waals surface area contributed by atoms with E-state index in [4.69, 9.17) is 22.1 Å². The molecule has 4 nitrogen and oxygen atoms in total. The minimum atomic E-state index is -0.456. The number of carbonyl (C=O) groups excluding carboxylic acids is 1. The van der Waals surface area contributed by atoms with E-state index >= 15 is 0 Å². The normalized spacial score (nSPS) is 16.2. The van der Waals surface area contributed by atoms with Crippen LogP contribution in [0.25, 0.3) is 0 Å². The minimum Gasteiger partial charge on any atom is -0.485 e. The van der Waals surface area contributed by atoms with Crippen LogP contribution in [0.5, 0.6) is 5.75 Å². The van der Waals surface area contributed by atoms with Gasteiger partial charge in [0.2, 0.25) is 0 Å². The zero-order chi connectivity index (χ0) is 16.7. The number of rotatable bonds is 6. The smallest absolute Gasteiger partial charge is 0.251 e. The molecular weight excluding hydrogens is 319 g/mol. The Hall–Kier alpha value is -1.59. The fourth-order valence-electron chi connectivity index (χ4n) is 2.61. The maximum Gasteiger partial charge on any atom is 0.251 e. The maximum atomic E-state index is 13.2. The van der Waals surface area contributed by atoms with Crippen LogP contribution in [0.15, 0.2) is 30.1 Å². The average Bonchev–Trinajstić information content (AvgIpc) is 2.55. The molecule has 1 aliphatic rings. The van der Waals surface area contributed by atoms with Gasteiger partial charge in [-0.15, -0.1) is 0 Å². The fourth-order valence-corrected chi connectivity index (χ4v) is 2.84. The number of nitrogens with two attached hydrogens (primary N) is 1. The standard InChI is InChI=1S/C17H22ClFN2O2/c18-15-10-12(17(22)21-14-4-2-1-3-5-14)6-7-16(15)23-11-13(19)8-9-20/h6-8,10,14H,1-5,9,11,20H2,(H,21,22)/b13-8-. The van der Waals surface area contributed by atoms with Gasteiger partial charge in [0.05, 0.1) is 5.02 Å². The molecule has 1 fully saturated rings. The van der Waals surface area contributed by atoms with Crippen molar-refractivity contribution in [3.8, 4) is 5.75 Å². The summed E-state index contributed by atoms with van der Waals surface area (Å²) in [6.07, 6.45) is 6.82. The number of benzene rings is 1. The monoisotopic (exact) mass is 340 g/mol. The molecule has 0 heterocycles. The summed E-state index contributed by atoms with van der Waals surface area (Å²) in [7, 11) is 0. The Morgan fingerprint density at radius 1 is 1.39 bits per heavy atom. The lowest BCUT2D eigenvalue weighted by Gasteiger charge is -2.22. The van der Waals surface area contributed by atoms with Crippen molar-refractivity contribution in [2.75, 3.05) is 13.2 Å². The predicted octanol–water partition coefficient (Wildman–Crippen LogP) is 3.59. The summed E-state index contributed by atoms with van der Waals surface area (Å²) in [5, 5.41) is 3.31. The highest BCUT2D eigenvalue weighted by Gasteiger charge is 2.17. The Labute approximate surface area is 140 Å². The summed E-state index contributed by atoms with van der Waals surface area (Å²) in [4.78, 5) is 12.2. The van der Waals surface area contributed by atoms with Gasteiger partial charge in [-0.05, 0) is 37.1 Å². The second-order valence-corrected chi connectivity index (χ2v) is 6.04. The molecule has 0 unspecified atom stereocenters. The molecule has 1 aromatic carbocycles. The third-order valence-corrected chi connectivity index (χ3v) is 4.13. The first-order valence-corrected chi connectivity index (χ1v) is 8.25. The number of halogens is 2. The lowest BCUT2D eigenvalue weighted by atomic mass is 9.95. The quantitative estimate of drug-likeness (QED) is 0.831. The topological polar surface area (TPSA) is 64.3 Å². The minimum absolute atomic E-state index is 0.114. The van der Waals surface area contributed by atoms with Crippen LogP contribution in [0, 0.1) is 0 Å². The zero-order valence-electron chi connectivity index (χ0n) is 13.0. The molecule has 0 aliphatic heterocycles. The lowest BCUT2D eigenvalue weighted by molar-refractivity contribution is 0.0927. The third-order valence-electron chi connectivity index (χ3n) is 3.84. The van der Waals surface area contributed by atoms with Gasteiger partial charge in [-0.25, -0.2) is 4.39 Å². The second-order valence-electron chi connectivity index (χ2n) is 5.63. The van der Waals surface area contributed by atoms with Gasteiger partial charge in [0.25, 0.3) is 5.91 Å². The highest BCUT2D eigenvalue weighted by atomic mass is 35.5. The maximum absolute atomic E-state index is 13.2. The lowest BCUT2D eigenvalue weighted by Crippen LogP contribution is -2.36. The molecule has 1 aromatic rings. The molecular formula is C17H22ClFN2O2. The van der Waals surface area contributed by atoms with Gasteiger partial charge in [-0.1, -0.05) is 30.9 Å². The molecule has 0 saturated heterocycles. The molecule has 0 radical (unpaired) electrons. The van der Waals surface area contributed by atoms with Crippen molar-refractivity contribution in [3.05, 3.63) is 40.7 Å². The first-order chi connectivity index (χ1) is 11.1. The van der Waals surface area contributed by atoms with E-state index in [1.165, 1.54) is 12.5 Å². The van der Waals surface area contributed by atoms with Gasteiger partial charge in [-0.3, -0.25) is 4.79 Å². The van der Waals surface area contributed by atoms with Gasteiger partial charge in [0.1, 0.15) is 18.2 Å². The molecule has 1 saturated carbocycles. The van der Waals surface area contributed by atoms with Crippen LogP contribution in [-0.4, -0.2) is 25.1 Å². The first kappa shape index (κ1) is 17.8. The van der Waals surface area contributed by atoms with Gasteiger partial charge < -0.3 is 15.8 Å².